The van der Waals surface area contributed by atoms with Crippen molar-refractivity contribution >= 4 is 29.2 Å². The molecule has 3 atom stereocenters. The minimum atomic E-state index is -0.112. The number of halogens is 1. The van der Waals surface area contributed by atoms with E-state index in [0.717, 1.165) is 37.5 Å². The Kier molecular flexibility index (Phi) is 5.84. The summed E-state index contributed by atoms with van der Waals surface area (Å²) in [7, 11) is 3.86. The SMILES string of the molecule is CC(=O)N(C)c1cnn(C(=O)N2CC3CC(N(C)Cc4ccc(Cl)cc4)C[C@H]3C2)c1. The molecule has 0 N–H and O–H groups in total. The van der Waals surface area contributed by atoms with Gasteiger partial charge in [0.2, 0.25) is 5.91 Å². The second-order valence-electron chi connectivity index (χ2n) is 8.60. The lowest BCUT2D eigenvalue weighted by Gasteiger charge is -2.26. The van der Waals surface area contributed by atoms with Crippen LogP contribution >= 0.6 is 11.6 Å². The van der Waals surface area contributed by atoms with Gasteiger partial charge in [0.15, 0.2) is 0 Å². The number of anilines is 1. The van der Waals surface area contributed by atoms with Crippen LogP contribution in [0, 0.1) is 11.8 Å². The summed E-state index contributed by atoms with van der Waals surface area (Å²) in [6.07, 6.45) is 5.39. The molecule has 0 spiro atoms. The lowest BCUT2D eigenvalue weighted by atomic mass is 10.0. The van der Waals surface area contributed by atoms with Gasteiger partial charge in [0, 0.05) is 44.7 Å². The summed E-state index contributed by atoms with van der Waals surface area (Å²) in [6, 6.07) is 8.46. The summed E-state index contributed by atoms with van der Waals surface area (Å²) in [5.41, 5.74) is 1.89. The van der Waals surface area contributed by atoms with Crippen molar-refractivity contribution < 1.29 is 9.59 Å². The molecule has 4 rings (SSSR count). The van der Waals surface area contributed by atoms with E-state index >= 15 is 0 Å². The smallest absolute Gasteiger partial charge is 0.322 e. The third-order valence-electron chi connectivity index (χ3n) is 6.59. The first-order valence-electron chi connectivity index (χ1n) is 10.3. The number of likely N-dealkylation sites (tertiary alicyclic amines) is 1. The molecule has 1 aromatic heterocycles. The van der Waals surface area contributed by atoms with Crippen LogP contribution in [-0.4, -0.2) is 64.7 Å². The molecular weight excluding hydrogens is 402 g/mol. The highest BCUT2D eigenvalue weighted by molar-refractivity contribution is 6.30. The van der Waals surface area contributed by atoms with Crippen molar-refractivity contribution in [1.82, 2.24) is 19.6 Å². The standard InChI is InChI=1S/C22H28ClN5O2/c1-15(29)26(3)21-10-24-28(14-21)22(30)27-12-17-8-20(9-18(17)13-27)25(2)11-16-4-6-19(23)7-5-16/h4-7,10,14,17-18,20H,8-9,11-13H2,1-3H3/t17-,18?,20?/m0/s1. The van der Waals surface area contributed by atoms with Gasteiger partial charge in [0.25, 0.3) is 0 Å². The van der Waals surface area contributed by atoms with Crippen LogP contribution in [0.25, 0.3) is 0 Å². The van der Waals surface area contributed by atoms with E-state index in [4.69, 9.17) is 11.6 Å². The summed E-state index contributed by atoms with van der Waals surface area (Å²) in [6.45, 7) is 3.93. The molecule has 1 saturated carbocycles. The largest absolute Gasteiger partial charge is 0.344 e. The molecule has 0 bridgehead atoms. The number of carbonyl (C=O) groups is 2. The number of nitrogens with zero attached hydrogens (tertiary/aromatic N) is 5. The molecule has 160 valence electrons. The fraction of sp³-hybridized carbons (Fsp3) is 0.500. The molecule has 0 radical (unpaired) electrons. The van der Waals surface area contributed by atoms with Crippen LogP contribution in [0.4, 0.5) is 10.5 Å². The molecule has 7 nitrogen and oxygen atoms in total. The van der Waals surface area contributed by atoms with Crippen LogP contribution in [0.5, 0.6) is 0 Å². The molecule has 2 fully saturated rings. The zero-order valence-corrected chi connectivity index (χ0v) is 18.4. The van der Waals surface area contributed by atoms with Gasteiger partial charge in [0.05, 0.1) is 18.1 Å². The zero-order chi connectivity index (χ0) is 21.4. The van der Waals surface area contributed by atoms with E-state index in [-0.39, 0.29) is 11.9 Å². The van der Waals surface area contributed by atoms with Crippen LogP contribution in [0.15, 0.2) is 36.7 Å². The van der Waals surface area contributed by atoms with Crippen molar-refractivity contribution in [2.45, 2.75) is 32.4 Å². The molecule has 2 aliphatic rings. The molecule has 2 aromatic rings. The Balaban J connectivity index is 1.32. The molecule has 8 heteroatoms. The summed E-state index contributed by atoms with van der Waals surface area (Å²) >= 11 is 5.98. The Labute approximate surface area is 182 Å². The fourth-order valence-corrected chi connectivity index (χ4v) is 4.83. The van der Waals surface area contributed by atoms with Crippen molar-refractivity contribution in [3.05, 3.63) is 47.2 Å². The Morgan fingerprint density at radius 1 is 1.13 bits per heavy atom. The molecule has 2 unspecified atom stereocenters. The summed E-state index contributed by atoms with van der Waals surface area (Å²) < 4.78 is 1.35. The number of benzene rings is 1. The monoisotopic (exact) mass is 429 g/mol. The van der Waals surface area contributed by atoms with E-state index in [1.165, 1.54) is 22.1 Å². The van der Waals surface area contributed by atoms with Crippen LogP contribution in [0.2, 0.25) is 5.02 Å². The maximum Gasteiger partial charge on any atom is 0.344 e. The normalized spacial score (nSPS) is 23.1. The number of fused-ring (bicyclic) bond motifs is 1. The number of hydrogen-bond donors (Lipinski definition) is 0. The second-order valence-corrected chi connectivity index (χ2v) is 9.03. The molecule has 1 aromatic carbocycles. The van der Waals surface area contributed by atoms with Gasteiger partial charge in [-0.15, -0.1) is 0 Å². The summed E-state index contributed by atoms with van der Waals surface area (Å²) in [5, 5.41) is 4.93. The molecule has 1 saturated heterocycles. The maximum atomic E-state index is 12.9. The lowest BCUT2D eigenvalue weighted by molar-refractivity contribution is -0.116. The molecule has 2 amide bonds. The van der Waals surface area contributed by atoms with Crippen molar-refractivity contribution in [2.75, 3.05) is 32.1 Å². The molecule has 1 aliphatic carbocycles. The third kappa shape index (κ3) is 4.23. The van der Waals surface area contributed by atoms with E-state index in [9.17, 15) is 9.59 Å². The number of rotatable bonds is 4. The van der Waals surface area contributed by atoms with Crippen molar-refractivity contribution in [1.29, 1.82) is 0 Å². The van der Waals surface area contributed by atoms with Gasteiger partial charge in [-0.3, -0.25) is 9.69 Å². The van der Waals surface area contributed by atoms with E-state index < -0.39 is 0 Å². The molecule has 1 aliphatic heterocycles. The first kappa shape index (κ1) is 20.9. The van der Waals surface area contributed by atoms with Gasteiger partial charge in [-0.05, 0) is 49.4 Å². The van der Waals surface area contributed by atoms with Gasteiger partial charge in [-0.1, -0.05) is 23.7 Å². The van der Waals surface area contributed by atoms with E-state index in [0.29, 0.717) is 23.6 Å². The van der Waals surface area contributed by atoms with Crippen molar-refractivity contribution in [3.63, 3.8) is 0 Å². The highest BCUT2D eigenvalue weighted by Gasteiger charge is 2.43. The first-order valence-corrected chi connectivity index (χ1v) is 10.7. The molecular formula is C22H28ClN5O2. The average molecular weight is 430 g/mol. The minimum Gasteiger partial charge on any atom is -0.322 e. The average Bonchev–Trinajstić information content (AvgIpc) is 3.43. The molecule has 2 heterocycles. The second kappa shape index (κ2) is 8.40. The highest BCUT2D eigenvalue weighted by Crippen LogP contribution is 2.40. The van der Waals surface area contributed by atoms with Crippen LogP contribution in [0.1, 0.15) is 25.3 Å². The number of amides is 2. The Bertz CT molecular complexity index is 914. The Morgan fingerprint density at radius 2 is 1.77 bits per heavy atom. The van der Waals surface area contributed by atoms with Gasteiger partial charge < -0.3 is 9.80 Å². The van der Waals surface area contributed by atoms with E-state index in [2.05, 4.69) is 29.2 Å². The fourth-order valence-electron chi connectivity index (χ4n) is 4.71. The van der Waals surface area contributed by atoms with E-state index in [1.54, 1.807) is 19.4 Å². The van der Waals surface area contributed by atoms with Crippen LogP contribution in [-0.2, 0) is 11.3 Å². The van der Waals surface area contributed by atoms with Gasteiger partial charge in [0.1, 0.15) is 0 Å². The topological polar surface area (TPSA) is 61.7 Å². The van der Waals surface area contributed by atoms with Gasteiger partial charge in [-0.2, -0.15) is 9.78 Å². The van der Waals surface area contributed by atoms with Crippen molar-refractivity contribution in [3.8, 4) is 0 Å². The number of aromatic nitrogens is 2. The van der Waals surface area contributed by atoms with Crippen LogP contribution < -0.4 is 4.90 Å². The number of hydrogen-bond acceptors (Lipinski definition) is 4. The Hall–Kier alpha value is -2.38. The van der Waals surface area contributed by atoms with E-state index in [1.807, 2.05) is 17.0 Å². The Morgan fingerprint density at radius 3 is 2.37 bits per heavy atom. The van der Waals surface area contributed by atoms with Gasteiger partial charge >= 0.3 is 6.03 Å². The van der Waals surface area contributed by atoms with Crippen molar-refractivity contribution in [2.24, 2.45) is 11.8 Å². The summed E-state index contributed by atoms with van der Waals surface area (Å²) in [4.78, 5) is 30.2. The predicted molar refractivity (Wildman–Crippen MR) is 117 cm³/mol. The lowest BCUT2D eigenvalue weighted by Crippen LogP contribution is -2.36. The van der Waals surface area contributed by atoms with Crippen LogP contribution in [0.3, 0.4) is 0 Å². The quantitative estimate of drug-likeness (QED) is 0.747. The third-order valence-corrected chi connectivity index (χ3v) is 6.84. The first-order chi connectivity index (χ1) is 14.3. The maximum absolute atomic E-state index is 12.9. The summed E-state index contributed by atoms with van der Waals surface area (Å²) in [5.74, 6) is 0.967. The predicted octanol–water partition coefficient (Wildman–Crippen LogP) is 3.33. The zero-order valence-electron chi connectivity index (χ0n) is 17.7. The highest BCUT2D eigenvalue weighted by atomic mass is 35.5. The molecule has 30 heavy (non-hydrogen) atoms. The number of carbonyl (C=O) groups excluding carboxylic acids is 2. The van der Waals surface area contributed by atoms with Gasteiger partial charge in [-0.25, -0.2) is 4.79 Å². The minimum absolute atomic E-state index is 0.0912.